The van der Waals surface area contributed by atoms with E-state index in [-0.39, 0.29) is 17.9 Å². The lowest BCUT2D eigenvalue weighted by atomic mass is 10.0. The number of carbonyl (C=O) groups excluding carboxylic acids is 2. The van der Waals surface area contributed by atoms with Crippen molar-refractivity contribution < 1.29 is 19.1 Å². The van der Waals surface area contributed by atoms with E-state index in [9.17, 15) is 9.59 Å². The number of halogens is 1. The van der Waals surface area contributed by atoms with Gasteiger partial charge in [-0.1, -0.05) is 25.4 Å². The highest BCUT2D eigenvalue weighted by Crippen LogP contribution is 2.30. The molecule has 0 saturated carbocycles. The Morgan fingerprint density at radius 3 is 2.50 bits per heavy atom. The van der Waals surface area contributed by atoms with Gasteiger partial charge in [0.2, 0.25) is 5.95 Å². The van der Waals surface area contributed by atoms with E-state index >= 15 is 0 Å². The van der Waals surface area contributed by atoms with Crippen LogP contribution in [0.3, 0.4) is 0 Å². The minimum absolute atomic E-state index is 0.193. The molecule has 0 fully saturated rings. The summed E-state index contributed by atoms with van der Waals surface area (Å²) in [6.45, 7) is 7.99. The zero-order valence-corrected chi connectivity index (χ0v) is 22.0. The van der Waals surface area contributed by atoms with Crippen LogP contribution in [-0.2, 0) is 9.53 Å². The molecule has 1 amide bonds. The van der Waals surface area contributed by atoms with Crippen LogP contribution in [0.1, 0.15) is 50.5 Å². The van der Waals surface area contributed by atoms with Crippen LogP contribution in [0.15, 0.2) is 36.7 Å². The first-order valence-electron chi connectivity index (χ1n) is 11.5. The molecule has 192 valence electrons. The van der Waals surface area contributed by atoms with Crippen LogP contribution in [0.2, 0.25) is 5.02 Å². The first-order valence-corrected chi connectivity index (χ1v) is 11.9. The predicted molar refractivity (Wildman–Crippen MR) is 138 cm³/mol. The van der Waals surface area contributed by atoms with Gasteiger partial charge >= 0.3 is 5.97 Å². The van der Waals surface area contributed by atoms with Crippen molar-refractivity contribution in [2.24, 2.45) is 5.92 Å². The fourth-order valence-corrected chi connectivity index (χ4v) is 3.67. The zero-order valence-electron chi connectivity index (χ0n) is 21.2. The highest BCUT2D eigenvalue weighted by Gasteiger charge is 2.24. The molecule has 36 heavy (non-hydrogen) atoms. The van der Waals surface area contributed by atoms with Gasteiger partial charge < -0.3 is 20.1 Å². The standard InChI is InChI=1S/C25H31ClN6O4/c1-14(2)11-20(24(34)36-6)28-23(33)16-7-8-18(21(12-16)35-5)29-25-27-13-17(26)22(30-25)19-9-10-32(31-19)15(3)4/h7-10,12-15,20H,11H2,1-6H3,(H,28,33)(H,27,29,30)/t20-/m0/s1. The van der Waals surface area contributed by atoms with Crippen LogP contribution in [-0.4, -0.2) is 51.9 Å². The molecule has 10 nitrogen and oxygen atoms in total. The molecule has 0 radical (unpaired) electrons. The number of hydrogen-bond acceptors (Lipinski definition) is 8. The SMILES string of the molecule is COC(=O)[C@H](CC(C)C)NC(=O)c1ccc(Nc2ncc(Cl)c(-c3ccn(C(C)C)n3)n2)c(OC)c1. The Bertz CT molecular complexity index is 1230. The number of rotatable bonds is 10. The number of nitrogens with zero attached hydrogens (tertiary/aromatic N) is 4. The third kappa shape index (κ3) is 6.51. The molecule has 0 aliphatic heterocycles. The molecular weight excluding hydrogens is 484 g/mol. The average molecular weight is 515 g/mol. The third-order valence-electron chi connectivity index (χ3n) is 5.33. The second kappa shape index (κ2) is 11.9. The first kappa shape index (κ1) is 26.9. The van der Waals surface area contributed by atoms with E-state index in [1.165, 1.54) is 20.4 Å². The van der Waals surface area contributed by atoms with Crippen LogP contribution in [0.25, 0.3) is 11.4 Å². The molecule has 2 N–H and O–H groups in total. The van der Waals surface area contributed by atoms with E-state index in [0.717, 1.165) is 0 Å². The Labute approximate surface area is 215 Å². The van der Waals surface area contributed by atoms with E-state index in [1.54, 1.807) is 18.2 Å². The van der Waals surface area contributed by atoms with E-state index in [1.807, 2.05) is 44.6 Å². The number of anilines is 2. The van der Waals surface area contributed by atoms with Gasteiger partial charge in [-0.15, -0.1) is 0 Å². The molecule has 0 aliphatic rings. The van der Waals surface area contributed by atoms with E-state index in [4.69, 9.17) is 21.1 Å². The fraction of sp³-hybridized carbons (Fsp3) is 0.400. The minimum Gasteiger partial charge on any atom is -0.495 e. The smallest absolute Gasteiger partial charge is 0.328 e. The van der Waals surface area contributed by atoms with Gasteiger partial charge in [0.05, 0.1) is 31.1 Å². The Morgan fingerprint density at radius 1 is 1.14 bits per heavy atom. The predicted octanol–water partition coefficient (Wildman–Crippen LogP) is 4.64. The second-order valence-electron chi connectivity index (χ2n) is 8.88. The Morgan fingerprint density at radius 2 is 1.89 bits per heavy atom. The Balaban J connectivity index is 1.82. The van der Waals surface area contributed by atoms with Crippen LogP contribution >= 0.6 is 11.6 Å². The number of carbonyl (C=O) groups is 2. The normalized spacial score (nSPS) is 11.9. The van der Waals surface area contributed by atoms with E-state index < -0.39 is 17.9 Å². The highest BCUT2D eigenvalue weighted by atomic mass is 35.5. The maximum Gasteiger partial charge on any atom is 0.328 e. The molecular formula is C25H31ClN6O4. The zero-order chi connectivity index (χ0) is 26.4. The summed E-state index contributed by atoms with van der Waals surface area (Å²) in [6.07, 6.45) is 3.82. The molecule has 2 heterocycles. The second-order valence-corrected chi connectivity index (χ2v) is 9.29. The van der Waals surface area contributed by atoms with Crippen molar-refractivity contribution in [3.8, 4) is 17.1 Å². The van der Waals surface area contributed by atoms with Gasteiger partial charge in [-0.3, -0.25) is 9.48 Å². The number of amides is 1. The average Bonchev–Trinajstić information content (AvgIpc) is 3.34. The van der Waals surface area contributed by atoms with Gasteiger partial charge in [0.15, 0.2) is 0 Å². The number of ether oxygens (including phenoxy) is 2. The van der Waals surface area contributed by atoms with Gasteiger partial charge in [0, 0.05) is 17.8 Å². The van der Waals surface area contributed by atoms with Gasteiger partial charge in [-0.05, 0) is 50.5 Å². The molecule has 3 aromatic rings. The van der Waals surface area contributed by atoms with Gasteiger partial charge in [-0.2, -0.15) is 5.10 Å². The molecule has 1 aromatic carbocycles. The summed E-state index contributed by atoms with van der Waals surface area (Å²) >= 11 is 6.34. The van der Waals surface area contributed by atoms with Crippen molar-refractivity contribution in [3.05, 3.63) is 47.2 Å². The van der Waals surface area contributed by atoms with Crippen molar-refractivity contribution in [2.75, 3.05) is 19.5 Å². The monoisotopic (exact) mass is 514 g/mol. The molecule has 0 spiro atoms. The highest BCUT2D eigenvalue weighted by molar-refractivity contribution is 6.32. The lowest BCUT2D eigenvalue weighted by Gasteiger charge is -2.19. The maximum atomic E-state index is 12.8. The Kier molecular flexibility index (Phi) is 8.87. The topological polar surface area (TPSA) is 120 Å². The lowest BCUT2D eigenvalue weighted by Crippen LogP contribution is -2.42. The molecule has 11 heteroatoms. The summed E-state index contributed by atoms with van der Waals surface area (Å²) in [5.74, 6) is -0.0335. The quantitative estimate of drug-likeness (QED) is 0.375. The van der Waals surface area contributed by atoms with Gasteiger partial charge in [0.25, 0.3) is 5.91 Å². The maximum absolute atomic E-state index is 12.8. The van der Waals surface area contributed by atoms with E-state index in [0.29, 0.717) is 39.8 Å². The van der Waals surface area contributed by atoms with Gasteiger partial charge in [0.1, 0.15) is 23.2 Å². The number of nitrogens with one attached hydrogen (secondary N) is 2. The van der Waals surface area contributed by atoms with Crippen molar-refractivity contribution >= 4 is 35.1 Å². The molecule has 0 unspecified atom stereocenters. The number of benzene rings is 1. The van der Waals surface area contributed by atoms with Crippen molar-refractivity contribution in [1.29, 1.82) is 0 Å². The summed E-state index contributed by atoms with van der Waals surface area (Å²) in [6, 6.07) is 6.16. The molecule has 0 saturated heterocycles. The number of methoxy groups -OCH3 is 2. The summed E-state index contributed by atoms with van der Waals surface area (Å²) in [5, 5.41) is 10.7. The van der Waals surface area contributed by atoms with Crippen LogP contribution in [0, 0.1) is 5.92 Å². The molecule has 0 bridgehead atoms. The molecule has 1 atom stereocenters. The fourth-order valence-electron chi connectivity index (χ4n) is 3.48. The largest absolute Gasteiger partial charge is 0.495 e. The lowest BCUT2D eigenvalue weighted by molar-refractivity contribution is -0.143. The van der Waals surface area contributed by atoms with Gasteiger partial charge in [-0.25, -0.2) is 14.8 Å². The summed E-state index contributed by atoms with van der Waals surface area (Å²) in [5.41, 5.74) is 1.98. The molecule has 3 rings (SSSR count). The third-order valence-corrected chi connectivity index (χ3v) is 5.61. The molecule has 0 aliphatic carbocycles. The van der Waals surface area contributed by atoms with Crippen molar-refractivity contribution in [2.45, 2.75) is 46.2 Å². The summed E-state index contributed by atoms with van der Waals surface area (Å²) in [4.78, 5) is 33.7. The summed E-state index contributed by atoms with van der Waals surface area (Å²) in [7, 11) is 2.79. The minimum atomic E-state index is -0.744. The number of esters is 1. The number of aromatic nitrogens is 4. The molecule has 2 aromatic heterocycles. The van der Waals surface area contributed by atoms with Crippen LogP contribution < -0.4 is 15.4 Å². The van der Waals surface area contributed by atoms with Crippen molar-refractivity contribution in [3.63, 3.8) is 0 Å². The number of hydrogen-bond donors (Lipinski definition) is 2. The van der Waals surface area contributed by atoms with Crippen LogP contribution in [0.4, 0.5) is 11.6 Å². The van der Waals surface area contributed by atoms with E-state index in [2.05, 4.69) is 25.7 Å². The Hall–Kier alpha value is -3.66. The first-order chi connectivity index (χ1) is 17.1. The van der Waals surface area contributed by atoms with Crippen molar-refractivity contribution in [1.82, 2.24) is 25.1 Å². The summed E-state index contributed by atoms with van der Waals surface area (Å²) < 4.78 is 12.1. The van der Waals surface area contributed by atoms with Crippen LogP contribution in [0.5, 0.6) is 5.75 Å².